The molecule has 1 aliphatic rings. The lowest BCUT2D eigenvalue weighted by molar-refractivity contribution is -0.234. The highest BCUT2D eigenvalue weighted by molar-refractivity contribution is 5.75. The number of hydrogen-bond acceptors (Lipinski definition) is 2. The molecule has 1 saturated heterocycles. The van der Waals surface area contributed by atoms with Crippen molar-refractivity contribution in [2.45, 2.75) is 19.5 Å². The van der Waals surface area contributed by atoms with Gasteiger partial charge in [0.15, 0.2) is 5.96 Å². The van der Waals surface area contributed by atoms with E-state index in [0.717, 1.165) is 0 Å². The summed E-state index contributed by atoms with van der Waals surface area (Å²) in [5, 5.41) is 7.15. The maximum atomic E-state index is 13.0. The van der Waals surface area contributed by atoms with Crippen LogP contribution in [0.4, 0.5) is 13.2 Å². The average molecular weight is 239 g/mol. The van der Waals surface area contributed by atoms with Crippen LogP contribution < -0.4 is 5.73 Å². The van der Waals surface area contributed by atoms with Gasteiger partial charge in [-0.3, -0.25) is 5.41 Å². The van der Waals surface area contributed by atoms with Crippen LogP contribution >= 0.6 is 0 Å². The van der Waals surface area contributed by atoms with Crippen LogP contribution in [0.15, 0.2) is 0 Å². The van der Waals surface area contributed by atoms with Crippen molar-refractivity contribution in [1.82, 2.24) is 4.90 Å². The van der Waals surface area contributed by atoms with Crippen molar-refractivity contribution in [2.24, 2.45) is 11.1 Å². The molecule has 0 saturated carbocycles. The average Bonchev–Trinajstić information content (AvgIpc) is 2.59. The van der Waals surface area contributed by atoms with Crippen LogP contribution in [0.2, 0.25) is 0 Å². The molecule has 1 rings (SSSR count). The lowest BCUT2D eigenvalue weighted by Gasteiger charge is -2.31. The Morgan fingerprint density at radius 3 is 2.56 bits per heavy atom. The number of alkyl halides is 3. The summed E-state index contributed by atoms with van der Waals surface area (Å²) < 4.78 is 43.8. The van der Waals surface area contributed by atoms with Gasteiger partial charge >= 0.3 is 6.18 Å². The Morgan fingerprint density at radius 1 is 1.56 bits per heavy atom. The zero-order valence-corrected chi connectivity index (χ0v) is 9.10. The Morgan fingerprint density at radius 2 is 2.19 bits per heavy atom. The van der Waals surface area contributed by atoms with Crippen molar-refractivity contribution in [2.75, 3.05) is 26.3 Å². The molecule has 0 aliphatic carbocycles. The normalized spacial score (nSPS) is 26.1. The van der Waals surface area contributed by atoms with Crippen LogP contribution in [0.3, 0.4) is 0 Å². The number of halogens is 3. The maximum Gasteiger partial charge on any atom is 0.398 e. The summed E-state index contributed by atoms with van der Waals surface area (Å²) in [5.74, 6) is -0.317. The lowest BCUT2D eigenvalue weighted by atomic mass is 9.87. The van der Waals surface area contributed by atoms with Gasteiger partial charge in [0, 0.05) is 19.7 Å². The Kier molecular flexibility index (Phi) is 3.67. The molecule has 0 unspecified atom stereocenters. The summed E-state index contributed by atoms with van der Waals surface area (Å²) in [7, 11) is 0. The fourth-order valence-corrected chi connectivity index (χ4v) is 1.81. The minimum atomic E-state index is -4.33. The summed E-state index contributed by atoms with van der Waals surface area (Å²) in [6.07, 6.45) is -4.40. The number of nitrogens with two attached hydrogens (primary N) is 1. The third kappa shape index (κ3) is 2.40. The third-order valence-corrected chi connectivity index (χ3v) is 2.88. The molecule has 3 N–H and O–H groups in total. The zero-order chi connectivity index (χ0) is 12.4. The monoisotopic (exact) mass is 239 g/mol. The molecule has 0 spiro atoms. The number of likely N-dealkylation sites (tertiary alicyclic amines) is 1. The van der Waals surface area contributed by atoms with E-state index in [-0.39, 0.29) is 38.7 Å². The van der Waals surface area contributed by atoms with Crippen molar-refractivity contribution < 1.29 is 17.9 Å². The van der Waals surface area contributed by atoms with Gasteiger partial charge in [-0.1, -0.05) is 0 Å². The van der Waals surface area contributed by atoms with Gasteiger partial charge in [0.05, 0.1) is 6.61 Å². The summed E-state index contributed by atoms with van der Waals surface area (Å²) in [4.78, 5) is 1.23. The number of guanidine groups is 1. The highest BCUT2D eigenvalue weighted by Crippen LogP contribution is 2.45. The molecule has 1 heterocycles. The van der Waals surface area contributed by atoms with Gasteiger partial charge in [-0.2, -0.15) is 13.2 Å². The van der Waals surface area contributed by atoms with Crippen LogP contribution in [0.1, 0.15) is 13.3 Å². The van der Waals surface area contributed by atoms with E-state index in [4.69, 9.17) is 15.9 Å². The highest BCUT2D eigenvalue weighted by Gasteiger charge is 2.58. The van der Waals surface area contributed by atoms with Crippen LogP contribution in [0, 0.1) is 10.8 Å². The molecule has 0 amide bonds. The fraction of sp³-hybridized carbons (Fsp3) is 0.889. The molecule has 0 aromatic heterocycles. The van der Waals surface area contributed by atoms with E-state index in [2.05, 4.69) is 0 Å². The lowest BCUT2D eigenvalue weighted by Crippen LogP contribution is -2.46. The molecule has 0 aromatic rings. The van der Waals surface area contributed by atoms with Crippen LogP contribution in [-0.4, -0.2) is 43.3 Å². The van der Waals surface area contributed by atoms with Crippen molar-refractivity contribution in [1.29, 1.82) is 5.41 Å². The molecule has 7 heteroatoms. The molecule has 1 fully saturated rings. The quantitative estimate of drug-likeness (QED) is 0.574. The Bertz CT molecular complexity index is 269. The molecular weight excluding hydrogens is 223 g/mol. The van der Waals surface area contributed by atoms with E-state index in [0.29, 0.717) is 0 Å². The topological polar surface area (TPSA) is 62.3 Å². The smallest absolute Gasteiger partial charge is 0.381 e. The van der Waals surface area contributed by atoms with Crippen LogP contribution in [-0.2, 0) is 4.74 Å². The number of nitrogens with zero attached hydrogens (tertiary/aromatic N) is 1. The Hall–Kier alpha value is -0.980. The van der Waals surface area contributed by atoms with Crippen LogP contribution in [0.25, 0.3) is 0 Å². The van der Waals surface area contributed by atoms with E-state index in [1.165, 1.54) is 4.90 Å². The van der Waals surface area contributed by atoms with Gasteiger partial charge in [0.25, 0.3) is 0 Å². The predicted octanol–water partition coefficient (Wildman–Crippen LogP) is 1.17. The van der Waals surface area contributed by atoms with Gasteiger partial charge in [0.2, 0.25) is 0 Å². The summed E-state index contributed by atoms with van der Waals surface area (Å²) in [5.41, 5.74) is 3.31. The molecule has 0 aromatic carbocycles. The van der Waals surface area contributed by atoms with E-state index in [9.17, 15) is 13.2 Å². The van der Waals surface area contributed by atoms with Crippen molar-refractivity contribution in [3.63, 3.8) is 0 Å². The van der Waals surface area contributed by atoms with Gasteiger partial charge < -0.3 is 15.4 Å². The minimum absolute atomic E-state index is 0.0733. The first kappa shape index (κ1) is 13.1. The molecule has 1 atom stereocenters. The van der Waals surface area contributed by atoms with Gasteiger partial charge in [-0.25, -0.2) is 0 Å². The molecule has 94 valence electrons. The second kappa shape index (κ2) is 4.48. The second-order valence-corrected chi connectivity index (χ2v) is 3.97. The Labute approximate surface area is 92.0 Å². The molecule has 4 nitrogen and oxygen atoms in total. The summed E-state index contributed by atoms with van der Waals surface area (Å²) in [6, 6.07) is 0. The largest absolute Gasteiger partial charge is 0.398 e. The molecule has 0 bridgehead atoms. The zero-order valence-electron chi connectivity index (χ0n) is 9.10. The number of nitrogens with one attached hydrogen (secondary N) is 1. The molecular formula is C9H16F3N3O. The van der Waals surface area contributed by atoms with Gasteiger partial charge in [0.1, 0.15) is 5.41 Å². The van der Waals surface area contributed by atoms with E-state index in [1.807, 2.05) is 0 Å². The molecule has 1 aliphatic heterocycles. The highest BCUT2D eigenvalue weighted by atomic mass is 19.4. The first-order chi connectivity index (χ1) is 7.32. The third-order valence-electron chi connectivity index (χ3n) is 2.88. The van der Waals surface area contributed by atoms with E-state index in [1.54, 1.807) is 6.92 Å². The SMILES string of the molecule is CCOC[C@@]1(C(F)(F)F)CCN(C(=N)N)C1. The van der Waals surface area contributed by atoms with Gasteiger partial charge in [-0.05, 0) is 13.3 Å². The molecule has 0 radical (unpaired) electrons. The molecule has 16 heavy (non-hydrogen) atoms. The standard InChI is InChI=1S/C9H16F3N3O/c1-2-16-6-8(9(10,11)12)3-4-15(5-8)7(13)14/h2-6H2,1H3,(H3,13,14)/t8-/m1/s1. The first-order valence-electron chi connectivity index (χ1n) is 5.06. The number of ether oxygens (including phenoxy) is 1. The van der Waals surface area contributed by atoms with E-state index < -0.39 is 11.6 Å². The number of rotatable bonds is 3. The first-order valence-corrected chi connectivity index (χ1v) is 5.06. The summed E-state index contributed by atoms with van der Waals surface area (Å²) in [6.45, 7) is 1.41. The number of hydrogen-bond donors (Lipinski definition) is 2. The minimum Gasteiger partial charge on any atom is -0.381 e. The predicted molar refractivity (Wildman–Crippen MR) is 53.1 cm³/mol. The van der Waals surface area contributed by atoms with Crippen molar-refractivity contribution in [3.8, 4) is 0 Å². The maximum absolute atomic E-state index is 13.0. The Balaban J connectivity index is 2.79. The van der Waals surface area contributed by atoms with Gasteiger partial charge in [-0.15, -0.1) is 0 Å². The fourth-order valence-electron chi connectivity index (χ4n) is 1.81. The summed E-state index contributed by atoms with van der Waals surface area (Å²) >= 11 is 0. The van der Waals surface area contributed by atoms with Crippen LogP contribution in [0.5, 0.6) is 0 Å². The second-order valence-electron chi connectivity index (χ2n) is 3.97. The van der Waals surface area contributed by atoms with Crippen molar-refractivity contribution in [3.05, 3.63) is 0 Å². The van der Waals surface area contributed by atoms with E-state index >= 15 is 0 Å². The van der Waals surface area contributed by atoms with Crippen molar-refractivity contribution >= 4 is 5.96 Å².